The van der Waals surface area contributed by atoms with Crippen LogP contribution in [0.4, 0.5) is 11.4 Å². The van der Waals surface area contributed by atoms with Crippen LogP contribution >= 0.6 is 0 Å². The molecule has 162 valence electrons. The van der Waals surface area contributed by atoms with Crippen LogP contribution in [0.2, 0.25) is 0 Å². The van der Waals surface area contributed by atoms with Crippen molar-refractivity contribution in [1.29, 1.82) is 0 Å². The number of morpholine rings is 1. The predicted octanol–water partition coefficient (Wildman–Crippen LogP) is 4.41. The van der Waals surface area contributed by atoms with Crippen molar-refractivity contribution < 1.29 is 9.53 Å². The van der Waals surface area contributed by atoms with Crippen LogP contribution in [0.25, 0.3) is 0 Å². The predicted molar refractivity (Wildman–Crippen MR) is 124 cm³/mol. The van der Waals surface area contributed by atoms with Gasteiger partial charge in [-0.05, 0) is 75.7 Å². The Kier molecular flexibility index (Phi) is 6.09. The molecule has 0 spiro atoms. The van der Waals surface area contributed by atoms with Crippen LogP contribution in [0.15, 0.2) is 54.6 Å². The number of nitrogens with one attached hydrogen (secondary N) is 1. The number of aryl methyl sites for hydroxylation is 2. The lowest BCUT2D eigenvalue weighted by atomic mass is 10.1. The van der Waals surface area contributed by atoms with E-state index in [1.165, 1.54) is 0 Å². The van der Waals surface area contributed by atoms with Gasteiger partial charge in [-0.15, -0.1) is 0 Å². The van der Waals surface area contributed by atoms with E-state index >= 15 is 0 Å². The molecule has 31 heavy (non-hydrogen) atoms. The van der Waals surface area contributed by atoms with E-state index < -0.39 is 0 Å². The van der Waals surface area contributed by atoms with Crippen molar-refractivity contribution >= 4 is 17.3 Å². The lowest BCUT2D eigenvalue weighted by Crippen LogP contribution is -2.45. The van der Waals surface area contributed by atoms with Crippen molar-refractivity contribution in [2.75, 3.05) is 23.3 Å². The van der Waals surface area contributed by atoms with Gasteiger partial charge in [-0.25, -0.2) is 0 Å². The summed E-state index contributed by atoms with van der Waals surface area (Å²) in [6.45, 7) is 10.6. The van der Waals surface area contributed by atoms with Gasteiger partial charge in [-0.3, -0.25) is 9.48 Å². The molecule has 4 rings (SSSR count). The van der Waals surface area contributed by atoms with Crippen molar-refractivity contribution in [2.24, 2.45) is 0 Å². The number of amides is 1. The molecule has 6 nitrogen and oxygen atoms in total. The van der Waals surface area contributed by atoms with E-state index in [-0.39, 0.29) is 18.1 Å². The summed E-state index contributed by atoms with van der Waals surface area (Å²) < 4.78 is 7.77. The van der Waals surface area contributed by atoms with Gasteiger partial charge in [0.05, 0.1) is 24.4 Å². The Morgan fingerprint density at radius 1 is 1.06 bits per heavy atom. The second kappa shape index (κ2) is 8.94. The number of ether oxygens (including phenoxy) is 1. The Balaban J connectivity index is 1.42. The second-order valence-corrected chi connectivity index (χ2v) is 8.45. The summed E-state index contributed by atoms with van der Waals surface area (Å²) >= 11 is 0. The van der Waals surface area contributed by atoms with Gasteiger partial charge in [0.1, 0.15) is 0 Å². The van der Waals surface area contributed by atoms with Gasteiger partial charge in [0, 0.05) is 35.7 Å². The molecule has 0 aliphatic carbocycles. The molecule has 1 aliphatic rings. The molecular formula is C25H30N4O2. The van der Waals surface area contributed by atoms with Crippen LogP contribution in [0.5, 0.6) is 0 Å². The zero-order valence-corrected chi connectivity index (χ0v) is 18.6. The standard InChI is InChI=1S/C25H30N4O2/c1-17-12-18(2)29(27-17)16-21-6-5-7-22(13-21)25(30)26-23-8-10-24(11-9-23)28-14-19(3)31-20(4)15-28/h5-13,19-20H,14-16H2,1-4H3,(H,26,30). The number of anilines is 2. The number of aromatic nitrogens is 2. The Hall–Kier alpha value is -3.12. The lowest BCUT2D eigenvalue weighted by molar-refractivity contribution is -0.00521. The molecule has 2 unspecified atom stereocenters. The third kappa shape index (κ3) is 5.14. The number of rotatable bonds is 5. The number of benzene rings is 2. The normalized spacial score (nSPS) is 18.8. The molecule has 2 heterocycles. The average Bonchev–Trinajstić information content (AvgIpc) is 3.04. The molecule has 1 aliphatic heterocycles. The topological polar surface area (TPSA) is 59.4 Å². The Bertz CT molecular complexity index is 1050. The highest BCUT2D eigenvalue weighted by Crippen LogP contribution is 2.23. The van der Waals surface area contributed by atoms with Crippen LogP contribution in [0, 0.1) is 13.8 Å². The smallest absolute Gasteiger partial charge is 0.255 e. The molecule has 3 aromatic rings. The van der Waals surface area contributed by atoms with E-state index in [9.17, 15) is 4.79 Å². The summed E-state index contributed by atoms with van der Waals surface area (Å²) in [7, 11) is 0. The maximum atomic E-state index is 12.8. The zero-order valence-electron chi connectivity index (χ0n) is 18.6. The summed E-state index contributed by atoms with van der Waals surface area (Å²) in [5.74, 6) is -0.114. The quantitative estimate of drug-likeness (QED) is 0.667. The Morgan fingerprint density at radius 3 is 2.42 bits per heavy atom. The van der Waals surface area contributed by atoms with E-state index in [1.807, 2.05) is 54.9 Å². The summed E-state index contributed by atoms with van der Waals surface area (Å²) in [4.78, 5) is 15.1. The molecule has 1 fully saturated rings. The lowest BCUT2D eigenvalue weighted by Gasteiger charge is -2.36. The highest BCUT2D eigenvalue weighted by Gasteiger charge is 2.22. The first kappa shape index (κ1) is 21.1. The minimum atomic E-state index is -0.114. The van der Waals surface area contributed by atoms with E-state index in [2.05, 4.69) is 47.4 Å². The fraction of sp³-hybridized carbons (Fsp3) is 0.360. The molecule has 0 bridgehead atoms. The van der Waals surface area contributed by atoms with Gasteiger partial charge in [-0.1, -0.05) is 12.1 Å². The first-order valence-electron chi connectivity index (χ1n) is 10.8. The van der Waals surface area contributed by atoms with Crippen LogP contribution in [-0.2, 0) is 11.3 Å². The molecule has 0 radical (unpaired) electrons. The fourth-order valence-electron chi connectivity index (χ4n) is 4.17. The van der Waals surface area contributed by atoms with Gasteiger partial charge < -0.3 is 15.0 Å². The van der Waals surface area contributed by atoms with Gasteiger partial charge in [0.15, 0.2) is 0 Å². The summed E-state index contributed by atoms with van der Waals surface area (Å²) in [5, 5.41) is 7.52. The Morgan fingerprint density at radius 2 is 1.77 bits per heavy atom. The van der Waals surface area contributed by atoms with Crippen LogP contribution < -0.4 is 10.2 Å². The Labute approximate surface area is 183 Å². The SMILES string of the molecule is Cc1cc(C)n(Cc2cccc(C(=O)Nc3ccc(N4CC(C)OC(C)C4)cc3)c2)n1. The number of carbonyl (C=O) groups excluding carboxylic acids is 1. The number of carbonyl (C=O) groups is 1. The molecule has 2 aromatic carbocycles. The van der Waals surface area contributed by atoms with Gasteiger partial charge in [0.2, 0.25) is 0 Å². The van der Waals surface area contributed by atoms with Crippen molar-refractivity contribution in [2.45, 2.75) is 46.4 Å². The zero-order chi connectivity index (χ0) is 22.0. The molecular weight excluding hydrogens is 388 g/mol. The van der Waals surface area contributed by atoms with Gasteiger partial charge in [0.25, 0.3) is 5.91 Å². The number of hydrogen-bond donors (Lipinski definition) is 1. The van der Waals surface area contributed by atoms with Crippen LogP contribution in [0.3, 0.4) is 0 Å². The molecule has 2 atom stereocenters. The van der Waals surface area contributed by atoms with Crippen molar-refractivity contribution in [1.82, 2.24) is 9.78 Å². The van der Waals surface area contributed by atoms with Crippen molar-refractivity contribution in [3.8, 4) is 0 Å². The summed E-state index contributed by atoms with van der Waals surface area (Å²) in [6, 6.07) is 17.8. The van der Waals surface area contributed by atoms with E-state index in [0.29, 0.717) is 12.1 Å². The minimum Gasteiger partial charge on any atom is -0.372 e. The minimum absolute atomic E-state index is 0.114. The highest BCUT2D eigenvalue weighted by molar-refractivity contribution is 6.04. The van der Waals surface area contributed by atoms with Crippen LogP contribution in [-0.4, -0.2) is 41.0 Å². The third-order valence-electron chi connectivity index (χ3n) is 5.53. The first-order valence-corrected chi connectivity index (χ1v) is 10.8. The van der Waals surface area contributed by atoms with Crippen LogP contribution in [0.1, 0.15) is 41.2 Å². The van der Waals surface area contributed by atoms with E-state index in [4.69, 9.17) is 4.74 Å². The number of hydrogen-bond acceptors (Lipinski definition) is 4. The first-order chi connectivity index (χ1) is 14.9. The molecule has 6 heteroatoms. The molecule has 0 saturated carbocycles. The molecule has 1 aromatic heterocycles. The summed E-state index contributed by atoms with van der Waals surface area (Å²) in [5.41, 5.74) is 5.72. The second-order valence-electron chi connectivity index (χ2n) is 8.45. The van der Waals surface area contributed by atoms with E-state index in [1.54, 1.807) is 0 Å². The molecule has 1 N–H and O–H groups in total. The average molecular weight is 419 g/mol. The molecule has 1 amide bonds. The highest BCUT2D eigenvalue weighted by atomic mass is 16.5. The number of nitrogens with zero attached hydrogens (tertiary/aromatic N) is 3. The van der Waals surface area contributed by atoms with Gasteiger partial charge >= 0.3 is 0 Å². The largest absolute Gasteiger partial charge is 0.372 e. The monoisotopic (exact) mass is 418 g/mol. The maximum absolute atomic E-state index is 12.8. The summed E-state index contributed by atoms with van der Waals surface area (Å²) in [6.07, 6.45) is 0.426. The molecule has 1 saturated heterocycles. The third-order valence-corrected chi connectivity index (χ3v) is 5.53. The van der Waals surface area contributed by atoms with Gasteiger partial charge in [-0.2, -0.15) is 5.10 Å². The van der Waals surface area contributed by atoms with Crippen molar-refractivity contribution in [3.05, 3.63) is 77.1 Å². The van der Waals surface area contributed by atoms with E-state index in [0.717, 1.165) is 41.4 Å². The van der Waals surface area contributed by atoms with Crippen molar-refractivity contribution in [3.63, 3.8) is 0 Å². The fourth-order valence-corrected chi connectivity index (χ4v) is 4.17. The maximum Gasteiger partial charge on any atom is 0.255 e.